The zero-order valence-corrected chi connectivity index (χ0v) is 20.2. The number of aryl methyl sites for hydroxylation is 1. The molecule has 4 heterocycles. The number of hydrogen-bond donors (Lipinski definition) is 1. The van der Waals surface area contributed by atoms with E-state index < -0.39 is 6.17 Å². The van der Waals surface area contributed by atoms with Crippen LogP contribution in [0.2, 0.25) is 0 Å². The number of nitrogens with one attached hydrogen (secondary N) is 1. The summed E-state index contributed by atoms with van der Waals surface area (Å²) < 4.78 is 20.7. The van der Waals surface area contributed by atoms with Crippen LogP contribution < -0.4 is 10.2 Å². The van der Waals surface area contributed by atoms with Crippen molar-refractivity contribution in [1.82, 2.24) is 30.1 Å². The Kier molecular flexibility index (Phi) is 5.74. The highest BCUT2D eigenvalue weighted by Gasteiger charge is 2.25. The SMILES string of the molecule is Cc1cc(-c2ncnn3cc(N4CC[C@H](F)C4)cc23)ccc1CNC(=O)c1noc(C(C)(C)C)n1. The van der Waals surface area contributed by atoms with Crippen molar-refractivity contribution in [3.05, 3.63) is 59.6 Å². The van der Waals surface area contributed by atoms with Crippen molar-refractivity contribution >= 4 is 17.1 Å². The highest BCUT2D eigenvalue weighted by Crippen LogP contribution is 2.30. The lowest BCUT2D eigenvalue weighted by Crippen LogP contribution is -2.24. The Morgan fingerprint density at radius 2 is 2.11 bits per heavy atom. The van der Waals surface area contributed by atoms with Crippen LogP contribution in [0.15, 0.2) is 41.3 Å². The molecule has 0 saturated carbocycles. The van der Waals surface area contributed by atoms with Gasteiger partial charge in [0.05, 0.1) is 23.1 Å². The lowest BCUT2D eigenvalue weighted by atomic mass is 9.97. The Hall–Kier alpha value is -3.82. The largest absolute Gasteiger partial charge is 0.367 e. The van der Waals surface area contributed by atoms with E-state index in [0.717, 1.165) is 33.6 Å². The third-order valence-electron chi connectivity index (χ3n) is 6.21. The summed E-state index contributed by atoms with van der Waals surface area (Å²) in [6.45, 7) is 9.25. The third kappa shape index (κ3) is 4.60. The first-order valence-corrected chi connectivity index (χ1v) is 11.6. The number of halogens is 1. The van der Waals surface area contributed by atoms with E-state index in [2.05, 4.69) is 25.5 Å². The third-order valence-corrected chi connectivity index (χ3v) is 6.21. The van der Waals surface area contributed by atoms with Crippen LogP contribution in [-0.4, -0.2) is 49.9 Å². The Balaban J connectivity index is 1.33. The first-order valence-electron chi connectivity index (χ1n) is 11.6. The van der Waals surface area contributed by atoms with Gasteiger partial charge in [0.25, 0.3) is 11.7 Å². The van der Waals surface area contributed by atoms with Crippen LogP contribution in [0.5, 0.6) is 0 Å². The second-order valence-electron chi connectivity index (χ2n) is 9.97. The van der Waals surface area contributed by atoms with Crippen LogP contribution in [0.3, 0.4) is 0 Å². The van der Waals surface area contributed by atoms with Crippen molar-refractivity contribution in [2.75, 3.05) is 18.0 Å². The number of hydrogen-bond acceptors (Lipinski definition) is 7. The van der Waals surface area contributed by atoms with E-state index in [1.54, 1.807) is 4.52 Å². The molecule has 1 amide bonds. The van der Waals surface area contributed by atoms with Crippen molar-refractivity contribution in [3.63, 3.8) is 0 Å². The van der Waals surface area contributed by atoms with E-state index in [-0.39, 0.29) is 17.1 Å². The first-order chi connectivity index (χ1) is 16.7. The van der Waals surface area contributed by atoms with Crippen molar-refractivity contribution in [1.29, 1.82) is 0 Å². The molecular formula is C25H28FN7O2. The van der Waals surface area contributed by atoms with Crippen LogP contribution >= 0.6 is 0 Å². The van der Waals surface area contributed by atoms with E-state index in [1.807, 2.05) is 63.1 Å². The minimum Gasteiger partial charge on any atom is -0.367 e. The number of nitrogens with zero attached hydrogens (tertiary/aromatic N) is 6. The Bertz CT molecular complexity index is 1390. The van der Waals surface area contributed by atoms with Gasteiger partial charge >= 0.3 is 0 Å². The molecule has 0 bridgehead atoms. The minimum absolute atomic E-state index is 0.0219. The predicted octanol–water partition coefficient (Wildman–Crippen LogP) is 3.86. The van der Waals surface area contributed by atoms with E-state index in [1.165, 1.54) is 6.33 Å². The number of carbonyl (C=O) groups is 1. The van der Waals surface area contributed by atoms with E-state index in [4.69, 9.17) is 4.52 Å². The molecule has 5 rings (SSSR count). The average Bonchev–Trinajstić information content (AvgIpc) is 3.56. The molecule has 35 heavy (non-hydrogen) atoms. The van der Waals surface area contributed by atoms with Gasteiger partial charge in [0, 0.05) is 30.6 Å². The highest BCUT2D eigenvalue weighted by molar-refractivity contribution is 5.90. The zero-order chi connectivity index (χ0) is 24.7. The molecule has 1 aliphatic rings. The minimum atomic E-state index is -0.792. The molecule has 3 aromatic heterocycles. The molecule has 9 nitrogen and oxygen atoms in total. The number of aromatic nitrogens is 5. The summed E-state index contributed by atoms with van der Waals surface area (Å²) in [4.78, 5) is 23.2. The summed E-state index contributed by atoms with van der Waals surface area (Å²) in [6, 6.07) is 7.99. The smallest absolute Gasteiger partial charge is 0.292 e. The monoisotopic (exact) mass is 477 g/mol. The summed E-state index contributed by atoms with van der Waals surface area (Å²) in [5, 5.41) is 11.0. The highest BCUT2D eigenvalue weighted by atomic mass is 19.1. The first kappa shape index (κ1) is 22.9. The van der Waals surface area contributed by atoms with Gasteiger partial charge in [-0.05, 0) is 36.6 Å². The number of anilines is 1. The Morgan fingerprint density at radius 3 is 2.80 bits per heavy atom. The molecule has 1 atom stereocenters. The molecule has 1 N–H and O–H groups in total. The van der Waals surface area contributed by atoms with Gasteiger partial charge in [-0.2, -0.15) is 10.1 Å². The number of benzene rings is 1. The maximum absolute atomic E-state index is 13.7. The molecule has 10 heteroatoms. The number of fused-ring (bicyclic) bond motifs is 1. The number of carbonyl (C=O) groups excluding carboxylic acids is 1. The van der Waals surface area contributed by atoms with Crippen molar-refractivity contribution in [3.8, 4) is 11.3 Å². The van der Waals surface area contributed by atoms with Gasteiger partial charge in [-0.1, -0.05) is 38.1 Å². The van der Waals surface area contributed by atoms with E-state index in [9.17, 15) is 9.18 Å². The van der Waals surface area contributed by atoms with Gasteiger partial charge in [-0.15, -0.1) is 0 Å². The molecule has 0 radical (unpaired) electrons. The number of rotatable bonds is 5. The standard InChI is InChI=1S/C25H28FN7O2/c1-15-9-16(5-6-17(15)11-27-23(34)22-30-24(35-31-22)25(2,3)4)21-20-10-19(13-33(20)29-14-28-21)32-8-7-18(26)12-32/h5-6,9-10,13-14,18H,7-8,11-12H2,1-4H3,(H,27,34)/t18-/m0/s1. The van der Waals surface area contributed by atoms with Crippen LogP contribution in [0.4, 0.5) is 10.1 Å². The average molecular weight is 478 g/mol. The van der Waals surface area contributed by atoms with Crippen LogP contribution in [-0.2, 0) is 12.0 Å². The molecule has 0 spiro atoms. The van der Waals surface area contributed by atoms with Crippen LogP contribution in [0.1, 0.15) is 54.8 Å². The summed E-state index contributed by atoms with van der Waals surface area (Å²) in [7, 11) is 0. The quantitative estimate of drug-likeness (QED) is 0.466. The second-order valence-corrected chi connectivity index (χ2v) is 9.97. The fraction of sp³-hybridized carbons (Fsp3) is 0.400. The van der Waals surface area contributed by atoms with Gasteiger partial charge in [-0.3, -0.25) is 4.79 Å². The molecular weight excluding hydrogens is 449 g/mol. The summed E-state index contributed by atoms with van der Waals surface area (Å²) in [6.07, 6.45) is 3.19. The molecule has 1 aliphatic heterocycles. The van der Waals surface area contributed by atoms with Crippen molar-refractivity contribution in [2.45, 2.75) is 52.2 Å². The zero-order valence-electron chi connectivity index (χ0n) is 20.2. The molecule has 0 aliphatic carbocycles. The summed E-state index contributed by atoms with van der Waals surface area (Å²) >= 11 is 0. The van der Waals surface area contributed by atoms with E-state index >= 15 is 0 Å². The van der Waals surface area contributed by atoms with Gasteiger partial charge in [-0.25, -0.2) is 13.9 Å². The van der Waals surface area contributed by atoms with Crippen LogP contribution in [0.25, 0.3) is 16.8 Å². The Morgan fingerprint density at radius 1 is 1.29 bits per heavy atom. The molecule has 1 fully saturated rings. The van der Waals surface area contributed by atoms with Crippen LogP contribution in [0, 0.1) is 6.92 Å². The maximum Gasteiger partial charge on any atom is 0.292 e. The molecule has 1 aromatic carbocycles. The maximum atomic E-state index is 13.7. The van der Waals surface area contributed by atoms with Gasteiger partial charge in [0.2, 0.25) is 5.89 Å². The Labute approximate surface area is 202 Å². The molecule has 4 aromatic rings. The fourth-order valence-electron chi connectivity index (χ4n) is 4.18. The van der Waals surface area contributed by atoms with Gasteiger partial charge in [0.1, 0.15) is 12.5 Å². The number of alkyl halides is 1. The predicted molar refractivity (Wildman–Crippen MR) is 129 cm³/mol. The summed E-state index contributed by atoms with van der Waals surface area (Å²) in [5.74, 6) is 0.0548. The normalized spacial score (nSPS) is 16.3. The van der Waals surface area contributed by atoms with Crippen molar-refractivity contribution in [2.24, 2.45) is 0 Å². The van der Waals surface area contributed by atoms with Gasteiger partial charge in [0.15, 0.2) is 0 Å². The lowest BCUT2D eigenvalue weighted by molar-refractivity contribution is 0.0937. The number of amides is 1. The molecule has 1 saturated heterocycles. The summed E-state index contributed by atoms with van der Waals surface area (Å²) in [5.41, 5.74) is 5.18. The topological polar surface area (TPSA) is 101 Å². The fourth-order valence-corrected chi connectivity index (χ4v) is 4.18. The van der Waals surface area contributed by atoms with Crippen molar-refractivity contribution < 1.29 is 13.7 Å². The lowest BCUT2D eigenvalue weighted by Gasteiger charge is -2.14. The second kappa shape index (κ2) is 8.75. The van der Waals surface area contributed by atoms with Gasteiger partial charge < -0.3 is 14.7 Å². The van der Waals surface area contributed by atoms with E-state index in [0.29, 0.717) is 31.9 Å². The molecule has 182 valence electrons. The molecule has 0 unspecified atom stereocenters.